The summed E-state index contributed by atoms with van der Waals surface area (Å²) < 4.78 is 5.08. The van der Waals surface area contributed by atoms with Crippen molar-refractivity contribution in [2.24, 2.45) is 5.73 Å². The van der Waals surface area contributed by atoms with Gasteiger partial charge in [-0.1, -0.05) is 32.6 Å². The summed E-state index contributed by atoms with van der Waals surface area (Å²) in [6.45, 7) is 4.63. The molecule has 0 bridgehead atoms. The first-order valence-corrected chi connectivity index (χ1v) is 6.66. The van der Waals surface area contributed by atoms with Gasteiger partial charge in [0.05, 0.1) is 12.5 Å². The number of nitrogens with two attached hydrogens (primary N) is 1. The Bertz CT molecular complexity index is 194. The first-order valence-electron chi connectivity index (χ1n) is 6.66. The number of unbranched alkanes of at least 4 members (excludes halogenated alkanes) is 3. The molecule has 0 aliphatic rings. The topological polar surface area (TPSA) is 64.4 Å². The summed E-state index contributed by atoms with van der Waals surface area (Å²) in [4.78, 5) is 11.6. The highest BCUT2D eigenvalue weighted by atomic mass is 16.5. The SMILES string of the molecule is CCCCCCC(C)NC(=O)CC(CN)OC. The molecular weight excluding hydrogens is 216 g/mol. The number of hydrogen-bond donors (Lipinski definition) is 2. The normalized spacial score (nSPS) is 14.4. The van der Waals surface area contributed by atoms with Gasteiger partial charge >= 0.3 is 0 Å². The van der Waals surface area contributed by atoms with Crippen molar-refractivity contribution in [3.8, 4) is 0 Å². The van der Waals surface area contributed by atoms with E-state index >= 15 is 0 Å². The molecule has 0 heterocycles. The quantitative estimate of drug-likeness (QED) is 0.576. The molecule has 102 valence electrons. The van der Waals surface area contributed by atoms with Crippen LogP contribution in [0.5, 0.6) is 0 Å². The minimum absolute atomic E-state index is 0.0327. The molecule has 0 aromatic carbocycles. The van der Waals surface area contributed by atoms with Crippen molar-refractivity contribution >= 4 is 5.91 Å². The van der Waals surface area contributed by atoms with Gasteiger partial charge in [0.15, 0.2) is 0 Å². The van der Waals surface area contributed by atoms with Crippen molar-refractivity contribution in [2.75, 3.05) is 13.7 Å². The van der Waals surface area contributed by atoms with E-state index in [-0.39, 0.29) is 18.1 Å². The fourth-order valence-electron chi connectivity index (χ4n) is 1.75. The second-order valence-electron chi connectivity index (χ2n) is 4.62. The summed E-state index contributed by atoms with van der Waals surface area (Å²) >= 11 is 0. The van der Waals surface area contributed by atoms with Crippen LogP contribution >= 0.6 is 0 Å². The predicted octanol–water partition coefficient (Wildman–Crippen LogP) is 1.83. The molecule has 0 rings (SSSR count). The first-order chi connectivity index (χ1) is 8.13. The van der Waals surface area contributed by atoms with Gasteiger partial charge in [0.2, 0.25) is 5.91 Å². The summed E-state index contributed by atoms with van der Waals surface area (Å²) in [5.41, 5.74) is 5.47. The van der Waals surface area contributed by atoms with Crippen molar-refractivity contribution in [2.45, 2.75) is 64.5 Å². The molecule has 4 heteroatoms. The second-order valence-corrected chi connectivity index (χ2v) is 4.62. The van der Waals surface area contributed by atoms with Crippen LogP contribution in [0.4, 0.5) is 0 Å². The minimum Gasteiger partial charge on any atom is -0.380 e. The van der Waals surface area contributed by atoms with E-state index in [0.717, 1.165) is 6.42 Å². The molecule has 0 fully saturated rings. The molecule has 4 nitrogen and oxygen atoms in total. The fourth-order valence-corrected chi connectivity index (χ4v) is 1.75. The van der Waals surface area contributed by atoms with E-state index in [9.17, 15) is 4.79 Å². The molecule has 0 spiro atoms. The maximum atomic E-state index is 11.6. The number of carbonyl (C=O) groups excluding carboxylic acids is 1. The van der Waals surface area contributed by atoms with Crippen LogP contribution in [0.1, 0.15) is 52.4 Å². The van der Waals surface area contributed by atoms with Gasteiger partial charge in [-0.15, -0.1) is 0 Å². The maximum Gasteiger partial charge on any atom is 0.222 e. The van der Waals surface area contributed by atoms with E-state index in [2.05, 4.69) is 12.2 Å². The van der Waals surface area contributed by atoms with E-state index in [0.29, 0.717) is 13.0 Å². The number of nitrogens with one attached hydrogen (secondary N) is 1. The Kier molecular flexibility index (Phi) is 10.2. The van der Waals surface area contributed by atoms with Gasteiger partial charge in [-0.05, 0) is 13.3 Å². The Morgan fingerprint density at radius 3 is 2.59 bits per heavy atom. The average Bonchev–Trinajstić information content (AvgIpc) is 2.31. The van der Waals surface area contributed by atoms with Crippen LogP contribution in [-0.4, -0.2) is 31.7 Å². The number of hydrogen-bond acceptors (Lipinski definition) is 3. The summed E-state index contributed by atoms with van der Waals surface area (Å²) in [5, 5.41) is 2.98. The molecule has 2 unspecified atom stereocenters. The van der Waals surface area contributed by atoms with Crippen LogP contribution in [0.25, 0.3) is 0 Å². The van der Waals surface area contributed by atoms with Crippen molar-refractivity contribution in [3.63, 3.8) is 0 Å². The van der Waals surface area contributed by atoms with Gasteiger partial charge in [0.25, 0.3) is 0 Å². The zero-order valence-corrected chi connectivity index (χ0v) is 11.5. The molecule has 0 saturated carbocycles. The van der Waals surface area contributed by atoms with Gasteiger partial charge < -0.3 is 15.8 Å². The minimum atomic E-state index is -0.165. The van der Waals surface area contributed by atoms with E-state index in [1.54, 1.807) is 7.11 Å². The highest BCUT2D eigenvalue weighted by Crippen LogP contribution is 2.05. The zero-order chi connectivity index (χ0) is 13.1. The third kappa shape index (κ3) is 9.12. The maximum absolute atomic E-state index is 11.6. The molecule has 0 saturated heterocycles. The first kappa shape index (κ1) is 16.4. The molecule has 1 amide bonds. The van der Waals surface area contributed by atoms with Gasteiger partial charge in [-0.3, -0.25) is 4.79 Å². The monoisotopic (exact) mass is 244 g/mol. The van der Waals surface area contributed by atoms with Crippen LogP contribution in [0, 0.1) is 0 Å². The molecule has 0 radical (unpaired) electrons. The molecule has 2 atom stereocenters. The lowest BCUT2D eigenvalue weighted by Gasteiger charge is -2.16. The summed E-state index contributed by atoms with van der Waals surface area (Å²) in [6.07, 6.45) is 6.19. The third-order valence-electron chi connectivity index (χ3n) is 2.91. The molecule has 0 aromatic rings. The Hall–Kier alpha value is -0.610. The number of amides is 1. The largest absolute Gasteiger partial charge is 0.380 e. The molecular formula is C13H28N2O2. The Morgan fingerprint density at radius 1 is 1.35 bits per heavy atom. The van der Waals surface area contributed by atoms with E-state index in [1.165, 1.54) is 25.7 Å². The molecule has 0 aromatic heterocycles. The third-order valence-corrected chi connectivity index (χ3v) is 2.91. The molecule has 3 N–H and O–H groups in total. The molecule has 0 aliphatic heterocycles. The lowest BCUT2D eigenvalue weighted by atomic mass is 10.1. The Morgan fingerprint density at radius 2 is 2.06 bits per heavy atom. The van der Waals surface area contributed by atoms with Gasteiger partial charge in [0.1, 0.15) is 0 Å². The van der Waals surface area contributed by atoms with Gasteiger partial charge in [0, 0.05) is 19.7 Å². The Labute approximate surface area is 105 Å². The standard InChI is InChI=1S/C13H28N2O2/c1-4-5-6-7-8-11(2)15-13(16)9-12(10-14)17-3/h11-12H,4-10,14H2,1-3H3,(H,15,16). The van der Waals surface area contributed by atoms with E-state index < -0.39 is 0 Å². The van der Waals surface area contributed by atoms with E-state index in [1.807, 2.05) is 6.92 Å². The highest BCUT2D eigenvalue weighted by molar-refractivity contribution is 5.76. The Balaban J connectivity index is 3.64. The number of carbonyl (C=O) groups is 1. The summed E-state index contributed by atoms with van der Waals surface area (Å²) in [7, 11) is 1.58. The summed E-state index contributed by atoms with van der Waals surface area (Å²) in [6, 6.07) is 0.245. The fraction of sp³-hybridized carbons (Fsp3) is 0.923. The zero-order valence-electron chi connectivity index (χ0n) is 11.5. The number of methoxy groups -OCH3 is 1. The lowest BCUT2D eigenvalue weighted by Crippen LogP contribution is -2.36. The number of rotatable bonds is 10. The van der Waals surface area contributed by atoms with Crippen LogP contribution in [0.2, 0.25) is 0 Å². The molecule has 0 aliphatic carbocycles. The lowest BCUT2D eigenvalue weighted by molar-refractivity contribution is -0.124. The van der Waals surface area contributed by atoms with Gasteiger partial charge in [-0.25, -0.2) is 0 Å². The van der Waals surface area contributed by atoms with Crippen LogP contribution in [0.3, 0.4) is 0 Å². The average molecular weight is 244 g/mol. The molecule has 17 heavy (non-hydrogen) atoms. The van der Waals surface area contributed by atoms with Crippen molar-refractivity contribution in [3.05, 3.63) is 0 Å². The smallest absolute Gasteiger partial charge is 0.222 e. The van der Waals surface area contributed by atoms with Crippen LogP contribution in [0.15, 0.2) is 0 Å². The van der Waals surface area contributed by atoms with Crippen LogP contribution in [-0.2, 0) is 9.53 Å². The van der Waals surface area contributed by atoms with Crippen LogP contribution < -0.4 is 11.1 Å². The van der Waals surface area contributed by atoms with Crippen molar-refractivity contribution in [1.82, 2.24) is 5.32 Å². The number of ether oxygens (including phenoxy) is 1. The van der Waals surface area contributed by atoms with Crippen molar-refractivity contribution in [1.29, 1.82) is 0 Å². The van der Waals surface area contributed by atoms with Crippen molar-refractivity contribution < 1.29 is 9.53 Å². The summed E-state index contributed by atoms with van der Waals surface area (Å²) in [5.74, 6) is 0.0327. The highest BCUT2D eigenvalue weighted by Gasteiger charge is 2.13. The van der Waals surface area contributed by atoms with E-state index in [4.69, 9.17) is 10.5 Å². The predicted molar refractivity (Wildman–Crippen MR) is 70.8 cm³/mol. The second kappa shape index (κ2) is 10.5. The van der Waals surface area contributed by atoms with Gasteiger partial charge in [-0.2, -0.15) is 0 Å².